The summed E-state index contributed by atoms with van der Waals surface area (Å²) in [6, 6.07) is 0. The average Bonchev–Trinajstić information content (AvgIpc) is 2.44. The molecule has 1 aliphatic rings. The highest BCUT2D eigenvalue weighted by Gasteiger charge is 2.41. The molecule has 1 heterocycles. The third-order valence-corrected chi connectivity index (χ3v) is 4.94. The van der Waals surface area contributed by atoms with E-state index in [1.807, 2.05) is 6.92 Å². The second-order valence-corrected chi connectivity index (χ2v) is 8.34. The molecule has 1 saturated heterocycles. The SMILES string of the molecule is CCCN1CCCC(C)(C)CC(C)C(=O)C(C)(C)C(=O)OCC1. The Morgan fingerprint density at radius 3 is 2.43 bits per heavy atom. The first kappa shape index (κ1) is 20.1. The lowest BCUT2D eigenvalue weighted by molar-refractivity contribution is -0.160. The molecule has 1 unspecified atom stereocenters. The van der Waals surface area contributed by atoms with Gasteiger partial charge in [-0.3, -0.25) is 14.5 Å². The Kier molecular flexibility index (Phi) is 7.25. The molecule has 1 atom stereocenters. The van der Waals surface area contributed by atoms with Gasteiger partial charge in [0.1, 0.15) is 12.0 Å². The van der Waals surface area contributed by atoms with Crippen LogP contribution in [0.4, 0.5) is 0 Å². The van der Waals surface area contributed by atoms with Gasteiger partial charge in [0.05, 0.1) is 0 Å². The van der Waals surface area contributed by atoms with Crippen molar-refractivity contribution in [1.82, 2.24) is 4.90 Å². The number of Topliss-reactive ketones (excluding diaryl/α,β-unsaturated/α-hetero) is 1. The molecule has 0 bridgehead atoms. The van der Waals surface area contributed by atoms with E-state index >= 15 is 0 Å². The van der Waals surface area contributed by atoms with Gasteiger partial charge in [0.15, 0.2) is 5.78 Å². The summed E-state index contributed by atoms with van der Waals surface area (Å²) in [6.07, 6.45) is 4.12. The van der Waals surface area contributed by atoms with E-state index in [4.69, 9.17) is 4.74 Å². The zero-order chi connectivity index (χ0) is 17.7. The van der Waals surface area contributed by atoms with Gasteiger partial charge in [-0.05, 0) is 58.0 Å². The third-order valence-electron chi connectivity index (χ3n) is 4.94. The minimum atomic E-state index is -1.06. The zero-order valence-electron chi connectivity index (χ0n) is 15.9. The topological polar surface area (TPSA) is 46.6 Å². The Balaban J connectivity index is 2.92. The molecule has 23 heavy (non-hydrogen) atoms. The van der Waals surface area contributed by atoms with Crippen LogP contribution in [-0.4, -0.2) is 42.9 Å². The van der Waals surface area contributed by atoms with Gasteiger partial charge in [0.25, 0.3) is 0 Å². The van der Waals surface area contributed by atoms with Crippen molar-refractivity contribution < 1.29 is 14.3 Å². The van der Waals surface area contributed by atoms with Gasteiger partial charge in [0.2, 0.25) is 0 Å². The molecule has 0 aromatic heterocycles. The summed E-state index contributed by atoms with van der Waals surface area (Å²) >= 11 is 0. The fourth-order valence-corrected chi connectivity index (χ4v) is 3.62. The Morgan fingerprint density at radius 2 is 1.83 bits per heavy atom. The summed E-state index contributed by atoms with van der Waals surface area (Å²) in [6.45, 7) is 15.1. The van der Waals surface area contributed by atoms with E-state index < -0.39 is 5.41 Å². The molecule has 0 radical (unpaired) electrons. The monoisotopic (exact) mass is 325 g/mol. The average molecular weight is 325 g/mol. The van der Waals surface area contributed by atoms with Crippen molar-refractivity contribution in [1.29, 1.82) is 0 Å². The first-order valence-corrected chi connectivity index (χ1v) is 9.04. The smallest absolute Gasteiger partial charge is 0.319 e. The van der Waals surface area contributed by atoms with Crippen LogP contribution in [0, 0.1) is 16.7 Å². The zero-order valence-corrected chi connectivity index (χ0v) is 15.9. The number of carbonyl (C=O) groups excluding carboxylic acids is 2. The lowest BCUT2D eigenvalue weighted by Crippen LogP contribution is -2.40. The van der Waals surface area contributed by atoms with Crippen molar-refractivity contribution in [3.63, 3.8) is 0 Å². The van der Waals surface area contributed by atoms with Crippen LogP contribution in [0.5, 0.6) is 0 Å². The fraction of sp³-hybridized carbons (Fsp3) is 0.895. The Morgan fingerprint density at radius 1 is 1.17 bits per heavy atom. The molecule has 0 aliphatic carbocycles. The maximum atomic E-state index is 12.7. The van der Waals surface area contributed by atoms with Gasteiger partial charge in [-0.25, -0.2) is 0 Å². The Hall–Kier alpha value is -0.900. The maximum absolute atomic E-state index is 12.7. The number of hydrogen-bond donors (Lipinski definition) is 0. The predicted molar refractivity (Wildman–Crippen MR) is 93.3 cm³/mol. The van der Waals surface area contributed by atoms with E-state index in [1.165, 1.54) is 0 Å². The van der Waals surface area contributed by atoms with Crippen molar-refractivity contribution in [2.24, 2.45) is 16.7 Å². The summed E-state index contributed by atoms with van der Waals surface area (Å²) in [5, 5.41) is 0. The molecule has 1 fully saturated rings. The molecule has 0 spiro atoms. The van der Waals surface area contributed by atoms with Crippen molar-refractivity contribution in [2.75, 3.05) is 26.2 Å². The van der Waals surface area contributed by atoms with Crippen molar-refractivity contribution in [3.8, 4) is 0 Å². The molecule has 1 aliphatic heterocycles. The summed E-state index contributed by atoms with van der Waals surface area (Å²) in [5.74, 6) is -0.511. The summed E-state index contributed by atoms with van der Waals surface area (Å²) in [5.41, 5.74) is -0.944. The van der Waals surface area contributed by atoms with E-state index in [2.05, 4.69) is 25.7 Å². The minimum Gasteiger partial charge on any atom is -0.464 e. The lowest BCUT2D eigenvalue weighted by atomic mass is 9.73. The van der Waals surface area contributed by atoms with E-state index in [-0.39, 0.29) is 23.1 Å². The molecule has 1 rings (SSSR count). The molecule has 0 saturated carbocycles. The lowest BCUT2D eigenvalue weighted by Gasteiger charge is -2.31. The van der Waals surface area contributed by atoms with E-state index in [1.54, 1.807) is 13.8 Å². The number of nitrogens with zero attached hydrogens (tertiary/aromatic N) is 1. The molecule has 4 heteroatoms. The Labute approximate surface area is 141 Å². The maximum Gasteiger partial charge on any atom is 0.319 e. The number of rotatable bonds is 2. The van der Waals surface area contributed by atoms with Crippen LogP contribution in [0.2, 0.25) is 0 Å². The normalized spacial score (nSPS) is 27.5. The minimum absolute atomic E-state index is 0.000219. The second kappa shape index (κ2) is 8.27. The van der Waals surface area contributed by atoms with Gasteiger partial charge < -0.3 is 4.74 Å². The largest absolute Gasteiger partial charge is 0.464 e. The Bertz CT molecular complexity index is 415. The van der Waals surface area contributed by atoms with Gasteiger partial charge in [-0.1, -0.05) is 27.7 Å². The quantitative estimate of drug-likeness (QED) is 0.574. The van der Waals surface area contributed by atoms with Crippen LogP contribution < -0.4 is 0 Å². The molecule has 0 amide bonds. The van der Waals surface area contributed by atoms with Crippen molar-refractivity contribution in [2.45, 2.75) is 67.2 Å². The molecular formula is C19H35NO3. The molecular weight excluding hydrogens is 290 g/mol. The summed E-state index contributed by atoms with van der Waals surface area (Å²) in [7, 11) is 0. The highest BCUT2D eigenvalue weighted by molar-refractivity contribution is 6.03. The molecule has 4 nitrogen and oxygen atoms in total. The van der Waals surface area contributed by atoms with Gasteiger partial charge in [-0.2, -0.15) is 0 Å². The molecule has 0 aromatic rings. The van der Waals surface area contributed by atoms with E-state index in [0.29, 0.717) is 6.61 Å². The van der Waals surface area contributed by atoms with Gasteiger partial charge in [-0.15, -0.1) is 0 Å². The third kappa shape index (κ3) is 5.91. The van der Waals surface area contributed by atoms with Gasteiger partial charge >= 0.3 is 5.97 Å². The number of ketones is 1. The van der Waals surface area contributed by atoms with Gasteiger partial charge in [0, 0.05) is 12.5 Å². The van der Waals surface area contributed by atoms with Crippen molar-refractivity contribution >= 4 is 11.8 Å². The van der Waals surface area contributed by atoms with E-state index in [0.717, 1.165) is 45.3 Å². The van der Waals surface area contributed by atoms with Crippen LogP contribution in [-0.2, 0) is 14.3 Å². The van der Waals surface area contributed by atoms with Crippen LogP contribution in [0.15, 0.2) is 0 Å². The first-order chi connectivity index (χ1) is 10.6. The van der Waals surface area contributed by atoms with Crippen LogP contribution >= 0.6 is 0 Å². The van der Waals surface area contributed by atoms with E-state index in [9.17, 15) is 9.59 Å². The molecule has 0 N–H and O–H groups in total. The predicted octanol–water partition coefficient (Wildman–Crippen LogP) is 3.68. The summed E-state index contributed by atoms with van der Waals surface area (Å²) in [4.78, 5) is 27.4. The number of cyclic esters (lactones) is 1. The summed E-state index contributed by atoms with van der Waals surface area (Å²) < 4.78 is 5.42. The fourth-order valence-electron chi connectivity index (χ4n) is 3.62. The molecule has 134 valence electrons. The highest BCUT2D eigenvalue weighted by Crippen LogP contribution is 2.34. The standard InChI is InChI=1S/C19H35NO3/c1-7-10-20-11-8-9-18(3,4)14-15(2)16(21)19(5,6)17(22)23-13-12-20/h15H,7-14H2,1-6H3. The second-order valence-electron chi connectivity index (χ2n) is 8.34. The number of carbonyl (C=O) groups is 2. The number of hydrogen-bond acceptors (Lipinski definition) is 4. The number of esters is 1. The highest BCUT2D eigenvalue weighted by atomic mass is 16.5. The van der Waals surface area contributed by atoms with Crippen molar-refractivity contribution in [3.05, 3.63) is 0 Å². The van der Waals surface area contributed by atoms with Crippen LogP contribution in [0.3, 0.4) is 0 Å². The number of ether oxygens (including phenoxy) is 1. The van der Waals surface area contributed by atoms with Crippen LogP contribution in [0.25, 0.3) is 0 Å². The molecule has 0 aromatic carbocycles. The van der Waals surface area contributed by atoms with Crippen LogP contribution in [0.1, 0.15) is 67.2 Å². The first-order valence-electron chi connectivity index (χ1n) is 9.04.